The number of hydrogen-bond acceptors (Lipinski definition) is 3. The predicted octanol–water partition coefficient (Wildman–Crippen LogP) is 2.19. The number of unbranched alkanes of at least 4 members (excludes halogenated alkanes) is 3. The number of benzene rings is 1. The van der Waals surface area contributed by atoms with Gasteiger partial charge in [0.25, 0.3) is 0 Å². The highest BCUT2D eigenvalue weighted by Crippen LogP contribution is 2.15. The third-order valence-corrected chi connectivity index (χ3v) is 3.34. The zero-order chi connectivity index (χ0) is 14.3. The van der Waals surface area contributed by atoms with Gasteiger partial charge in [0, 0.05) is 6.07 Å². The van der Waals surface area contributed by atoms with Gasteiger partial charge in [-0.05, 0) is 25.0 Å². The third kappa shape index (κ3) is 7.07. The molecule has 2 N–H and O–H groups in total. The molecule has 7 heteroatoms. The average molecular weight is 293 g/mol. The zero-order valence-electron chi connectivity index (χ0n) is 10.4. The van der Waals surface area contributed by atoms with Gasteiger partial charge in [-0.1, -0.05) is 12.8 Å². The highest BCUT2D eigenvalue weighted by atomic mass is 32.2. The monoisotopic (exact) mass is 293 g/mol. The van der Waals surface area contributed by atoms with Crippen molar-refractivity contribution in [2.45, 2.75) is 25.7 Å². The summed E-state index contributed by atoms with van der Waals surface area (Å²) in [6, 6.07) is 3.37. The number of rotatable bonds is 8. The second kappa shape index (κ2) is 7.40. The van der Waals surface area contributed by atoms with Crippen molar-refractivity contribution in [3.05, 3.63) is 29.8 Å². The Morgan fingerprint density at radius 2 is 1.74 bits per heavy atom. The molecule has 0 aliphatic carbocycles. The van der Waals surface area contributed by atoms with Crippen LogP contribution in [0.5, 0.6) is 5.75 Å². The molecule has 0 fully saturated rings. The first-order chi connectivity index (χ1) is 8.88. The van der Waals surface area contributed by atoms with Crippen LogP contribution in [0.1, 0.15) is 25.7 Å². The van der Waals surface area contributed by atoms with E-state index in [1.54, 1.807) is 0 Å². The largest absolute Gasteiger partial charge is 0.493 e. The van der Waals surface area contributed by atoms with Crippen LogP contribution < -0.4 is 9.88 Å². The number of primary sulfonamides is 1. The van der Waals surface area contributed by atoms with E-state index >= 15 is 0 Å². The van der Waals surface area contributed by atoms with E-state index in [1.807, 2.05) is 0 Å². The Labute approximate surface area is 111 Å². The Kier molecular flexibility index (Phi) is 6.17. The Balaban J connectivity index is 2.12. The summed E-state index contributed by atoms with van der Waals surface area (Å²) < 4.78 is 52.0. The second-order valence-electron chi connectivity index (χ2n) is 4.21. The molecule has 0 aliphatic heterocycles. The number of halogens is 2. The highest BCUT2D eigenvalue weighted by Gasteiger charge is 2.03. The van der Waals surface area contributed by atoms with Gasteiger partial charge in [0.2, 0.25) is 10.0 Å². The SMILES string of the molecule is NS(=O)(=O)CCCCCCOc1ccc(F)c(F)c1. The fourth-order valence-corrected chi connectivity index (χ4v) is 2.12. The fraction of sp³-hybridized carbons (Fsp3) is 0.500. The number of ether oxygens (including phenoxy) is 1. The van der Waals surface area contributed by atoms with E-state index in [2.05, 4.69) is 0 Å². The molecule has 0 spiro atoms. The molecule has 0 radical (unpaired) electrons. The van der Waals surface area contributed by atoms with E-state index in [-0.39, 0.29) is 11.5 Å². The van der Waals surface area contributed by atoms with Crippen molar-refractivity contribution in [1.82, 2.24) is 0 Å². The molecule has 0 aromatic heterocycles. The molecular formula is C12H17F2NO3S. The van der Waals surface area contributed by atoms with Gasteiger partial charge in [0.15, 0.2) is 11.6 Å². The fourth-order valence-electron chi connectivity index (χ4n) is 1.52. The Morgan fingerprint density at radius 3 is 2.37 bits per heavy atom. The smallest absolute Gasteiger partial charge is 0.209 e. The Hall–Kier alpha value is -1.21. The van der Waals surface area contributed by atoms with Crippen LogP contribution in [0.3, 0.4) is 0 Å². The minimum atomic E-state index is -3.38. The molecule has 0 bridgehead atoms. The molecule has 1 rings (SSSR count). The quantitative estimate of drug-likeness (QED) is 0.747. The van der Waals surface area contributed by atoms with Gasteiger partial charge in [0.1, 0.15) is 5.75 Å². The summed E-state index contributed by atoms with van der Waals surface area (Å²) in [7, 11) is -3.38. The van der Waals surface area contributed by atoms with Crippen molar-refractivity contribution in [1.29, 1.82) is 0 Å². The molecule has 108 valence electrons. The van der Waals surface area contributed by atoms with Crippen LogP contribution in [0.15, 0.2) is 18.2 Å². The maximum absolute atomic E-state index is 12.8. The summed E-state index contributed by atoms with van der Waals surface area (Å²) in [5, 5.41) is 4.86. The molecular weight excluding hydrogens is 276 g/mol. The van der Waals surface area contributed by atoms with E-state index in [0.717, 1.165) is 25.0 Å². The van der Waals surface area contributed by atoms with Crippen molar-refractivity contribution in [3.8, 4) is 5.75 Å². The minimum Gasteiger partial charge on any atom is -0.493 e. The lowest BCUT2D eigenvalue weighted by Crippen LogP contribution is -2.16. The van der Waals surface area contributed by atoms with Crippen molar-refractivity contribution in [3.63, 3.8) is 0 Å². The summed E-state index contributed by atoms with van der Waals surface area (Å²) in [6.45, 7) is 0.375. The summed E-state index contributed by atoms with van der Waals surface area (Å²) in [4.78, 5) is 0. The Bertz CT molecular complexity index is 506. The van der Waals surface area contributed by atoms with Crippen molar-refractivity contribution in [2.75, 3.05) is 12.4 Å². The molecule has 0 aliphatic rings. The first kappa shape index (κ1) is 15.8. The molecule has 0 amide bonds. The third-order valence-electron chi connectivity index (χ3n) is 2.48. The lowest BCUT2D eigenvalue weighted by molar-refractivity contribution is 0.302. The molecule has 1 aromatic rings. The number of hydrogen-bond donors (Lipinski definition) is 1. The van der Waals surface area contributed by atoms with Crippen LogP contribution in [0.2, 0.25) is 0 Å². The molecule has 0 atom stereocenters. The zero-order valence-corrected chi connectivity index (χ0v) is 11.3. The summed E-state index contributed by atoms with van der Waals surface area (Å²) in [6.07, 6.45) is 2.75. The van der Waals surface area contributed by atoms with E-state index in [9.17, 15) is 17.2 Å². The topological polar surface area (TPSA) is 69.4 Å². The second-order valence-corrected chi connectivity index (χ2v) is 5.94. The number of sulfonamides is 1. The Morgan fingerprint density at radius 1 is 1.05 bits per heavy atom. The van der Waals surface area contributed by atoms with Crippen LogP contribution in [-0.2, 0) is 10.0 Å². The minimum absolute atomic E-state index is 0.0168. The van der Waals surface area contributed by atoms with Crippen LogP contribution in [-0.4, -0.2) is 20.8 Å². The highest BCUT2D eigenvalue weighted by molar-refractivity contribution is 7.89. The molecule has 0 saturated carbocycles. The lowest BCUT2D eigenvalue weighted by atomic mass is 10.2. The molecule has 1 aromatic carbocycles. The van der Waals surface area contributed by atoms with Gasteiger partial charge in [-0.3, -0.25) is 0 Å². The average Bonchev–Trinajstić information content (AvgIpc) is 2.31. The van der Waals surface area contributed by atoms with Crippen molar-refractivity contribution < 1.29 is 21.9 Å². The van der Waals surface area contributed by atoms with Gasteiger partial charge in [0.05, 0.1) is 12.4 Å². The van der Waals surface area contributed by atoms with E-state index in [4.69, 9.17) is 9.88 Å². The normalized spacial score (nSPS) is 11.5. The molecule has 19 heavy (non-hydrogen) atoms. The number of nitrogens with two attached hydrogens (primary N) is 1. The molecule has 0 heterocycles. The summed E-state index contributed by atoms with van der Waals surface area (Å²) >= 11 is 0. The van der Waals surface area contributed by atoms with Gasteiger partial charge < -0.3 is 4.74 Å². The molecule has 4 nitrogen and oxygen atoms in total. The van der Waals surface area contributed by atoms with Crippen LogP contribution >= 0.6 is 0 Å². The lowest BCUT2D eigenvalue weighted by Gasteiger charge is -2.06. The first-order valence-corrected chi connectivity index (χ1v) is 7.68. The van der Waals surface area contributed by atoms with Crippen molar-refractivity contribution >= 4 is 10.0 Å². The van der Waals surface area contributed by atoms with E-state index in [1.165, 1.54) is 6.07 Å². The van der Waals surface area contributed by atoms with Gasteiger partial charge >= 0.3 is 0 Å². The van der Waals surface area contributed by atoms with Gasteiger partial charge in [-0.25, -0.2) is 22.3 Å². The standard InChI is InChI=1S/C12H17F2NO3S/c13-11-6-5-10(9-12(11)14)18-7-3-1-2-4-8-19(15,16)17/h5-6,9H,1-4,7-8H2,(H2,15,16,17). The molecule has 0 saturated heterocycles. The van der Waals surface area contributed by atoms with Gasteiger partial charge in [-0.15, -0.1) is 0 Å². The van der Waals surface area contributed by atoms with E-state index in [0.29, 0.717) is 19.4 Å². The van der Waals surface area contributed by atoms with E-state index < -0.39 is 21.7 Å². The maximum atomic E-state index is 12.8. The van der Waals surface area contributed by atoms with Gasteiger partial charge in [-0.2, -0.15) is 0 Å². The predicted molar refractivity (Wildman–Crippen MR) is 68.3 cm³/mol. The summed E-state index contributed by atoms with van der Waals surface area (Å²) in [5.74, 6) is -1.58. The van der Waals surface area contributed by atoms with Crippen LogP contribution in [0, 0.1) is 11.6 Å². The summed E-state index contributed by atoms with van der Waals surface area (Å²) in [5.41, 5.74) is 0. The van der Waals surface area contributed by atoms with Crippen molar-refractivity contribution in [2.24, 2.45) is 5.14 Å². The molecule has 0 unspecified atom stereocenters. The van der Waals surface area contributed by atoms with Crippen LogP contribution in [0.25, 0.3) is 0 Å². The maximum Gasteiger partial charge on any atom is 0.209 e. The first-order valence-electron chi connectivity index (χ1n) is 5.97. The van der Waals surface area contributed by atoms with Crippen LogP contribution in [0.4, 0.5) is 8.78 Å².